The Bertz CT molecular complexity index is 299. The molecule has 2 nitrogen and oxygen atoms in total. The number of ether oxygens (including phenoxy) is 1. The van der Waals surface area contributed by atoms with E-state index in [2.05, 4.69) is 19.2 Å². The van der Waals surface area contributed by atoms with Gasteiger partial charge in [0.05, 0.1) is 12.1 Å². The number of hydrogen-bond acceptors (Lipinski definition) is 2. The Kier molecular flexibility index (Phi) is 4.08. The molecule has 1 N–H and O–H groups in total. The smallest absolute Gasteiger partial charge is 0.137 e. The molecule has 1 aromatic carbocycles. The minimum atomic E-state index is 0.621. The predicted molar refractivity (Wildman–Crippen MR) is 61.3 cm³/mol. The number of nitrogens with one attached hydrogen (secondary N) is 1. The number of anilines is 1. The van der Waals surface area contributed by atoms with E-state index in [9.17, 15) is 0 Å². The van der Waals surface area contributed by atoms with E-state index >= 15 is 0 Å². The van der Waals surface area contributed by atoms with Gasteiger partial charge in [-0.2, -0.15) is 0 Å². The Morgan fingerprint density at radius 2 is 2.14 bits per heavy atom. The van der Waals surface area contributed by atoms with Crippen LogP contribution < -0.4 is 10.1 Å². The summed E-state index contributed by atoms with van der Waals surface area (Å²) >= 11 is 5.98. The third kappa shape index (κ3) is 3.11. The zero-order valence-electron chi connectivity index (χ0n) is 8.80. The van der Waals surface area contributed by atoms with Gasteiger partial charge in [-0.05, 0) is 24.1 Å². The van der Waals surface area contributed by atoms with Gasteiger partial charge in [-0.1, -0.05) is 25.4 Å². The Balaban J connectivity index is 2.66. The van der Waals surface area contributed by atoms with Crippen molar-refractivity contribution in [2.45, 2.75) is 13.8 Å². The molecule has 0 aliphatic heterocycles. The number of hydrogen-bond donors (Lipinski definition) is 1. The zero-order valence-corrected chi connectivity index (χ0v) is 9.56. The normalized spacial score (nSPS) is 10.4. The lowest BCUT2D eigenvalue weighted by Crippen LogP contribution is -2.07. The molecule has 0 bridgehead atoms. The maximum absolute atomic E-state index is 5.98. The summed E-state index contributed by atoms with van der Waals surface area (Å²) < 4.78 is 5.07. The SMILES string of the molecule is COc1ccc(NCC(C)C)cc1Cl. The van der Waals surface area contributed by atoms with Crippen LogP contribution in [0.5, 0.6) is 5.75 Å². The van der Waals surface area contributed by atoms with E-state index in [1.165, 1.54) is 0 Å². The molecule has 0 saturated heterocycles. The first kappa shape index (κ1) is 11.2. The molecule has 0 saturated carbocycles. The average Bonchev–Trinajstić information content (AvgIpc) is 2.15. The molecular weight excluding hydrogens is 198 g/mol. The highest BCUT2D eigenvalue weighted by Crippen LogP contribution is 2.27. The summed E-state index contributed by atoms with van der Waals surface area (Å²) in [6.45, 7) is 5.28. The van der Waals surface area contributed by atoms with Gasteiger partial charge in [0.15, 0.2) is 0 Å². The van der Waals surface area contributed by atoms with Crippen molar-refractivity contribution in [1.29, 1.82) is 0 Å². The second-order valence-electron chi connectivity index (χ2n) is 3.62. The van der Waals surface area contributed by atoms with Crippen molar-refractivity contribution >= 4 is 17.3 Å². The highest BCUT2D eigenvalue weighted by Gasteiger charge is 2.01. The molecule has 0 aromatic heterocycles. The third-order valence-corrected chi connectivity index (χ3v) is 2.16. The predicted octanol–water partition coefficient (Wildman–Crippen LogP) is 3.42. The molecule has 0 radical (unpaired) electrons. The topological polar surface area (TPSA) is 21.3 Å². The average molecular weight is 214 g/mol. The summed E-state index contributed by atoms with van der Waals surface area (Å²) in [7, 11) is 1.61. The van der Waals surface area contributed by atoms with Crippen LogP contribution in [-0.4, -0.2) is 13.7 Å². The Morgan fingerprint density at radius 1 is 1.43 bits per heavy atom. The summed E-state index contributed by atoms with van der Waals surface area (Å²) in [5.74, 6) is 1.33. The van der Waals surface area contributed by atoms with Crippen molar-refractivity contribution in [3.63, 3.8) is 0 Å². The standard InChI is InChI=1S/C11H16ClNO/c1-8(2)7-13-9-4-5-11(14-3)10(12)6-9/h4-6,8,13H,7H2,1-3H3. The van der Waals surface area contributed by atoms with E-state index in [0.29, 0.717) is 16.7 Å². The van der Waals surface area contributed by atoms with Crippen LogP contribution in [-0.2, 0) is 0 Å². The summed E-state index contributed by atoms with van der Waals surface area (Å²) in [6.07, 6.45) is 0. The van der Waals surface area contributed by atoms with Gasteiger partial charge >= 0.3 is 0 Å². The lowest BCUT2D eigenvalue weighted by atomic mass is 10.2. The Labute approximate surface area is 90.2 Å². The van der Waals surface area contributed by atoms with Gasteiger partial charge in [-0.15, -0.1) is 0 Å². The van der Waals surface area contributed by atoms with Crippen molar-refractivity contribution in [2.24, 2.45) is 5.92 Å². The van der Waals surface area contributed by atoms with E-state index in [4.69, 9.17) is 16.3 Å². The van der Waals surface area contributed by atoms with Crippen LogP contribution in [0.25, 0.3) is 0 Å². The lowest BCUT2D eigenvalue weighted by Gasteiger charge is -2.10. The molecular formula is C11H16ClNO. The Morgan fingerprint density at radius 3 is 2.64 bits per heavy atom. The minimum absolute atomic E-state index is 0.621. The highest BCUT2D eigenvalue weighted by molar-refractivity contribution is 6.32. The molecule has 0 aliphatic carbocycles. The molecule has 3 heteroatoms. The van der Waals surface area contributed by atoms with Crippen LogP contribution in [0.1, 0.15) is 13.8 Å². The van der Waals surface area contributed by atoms with Crippen molar-refractivity contribution in [3.8, 4) is 5.75 Å². The van der Waals surface area contributed by atoms with Gasteiger partial charge in [0.1, 0.15) is 5.75 Å². The van der Waals surface area contributed by atoms with Crippen molar-refractivity contribution in [2.75, 3.05) is 19.0 Å². The van der Waals surface area contributed by atoms with Crippen LogP contribution >= 0.6 is 11.6 Å². The fourth-order valence-electron chi connectivity index (χ4n) is 1.10. The molecule has 1 aromatic rings. The van der Waals surface area contributed by atoms with Gasteiger partial charge in [0.25, 0.3) is 0 Å². The van der Waals surface area contributed by atoms with Crippen LogP contribution in [0.3, 0.4) is 0 Å². The minimum Gasteiger partial charge on any atom is -0.495 e. The molecule has 0 aliphatic rings. The maximum atomic E-state index is 5.98. The molecule has 0 spiro atoms. The second kappa shape index (κ2) is 5.11. The van der Waals surface area contributed by atoms with Gasteiger partial charge in [-0.25, -0.2) is 0 Å². The molecule has 0 amide bonds. The lowest BCUT2D eigenvalue weighted by molar-refractivity contribution is 0.415. The first-order valence-corrected chi connectivity index (χ1v) is 5.08. The van der Waals surface area contributed by atoms with Gasteiger partial charge in [0, 0.05) is 12.2 Å². The largest absolute Gasteiger partial charge is 0.495 e. The fraction of sp³-hybridized carbons (Fsp3) is 0.455. The number of benzene rings is 1. The third-order valence-electron chi connectivity index (χ3n) is 1.87. The van der Waals surface area contributed by atoms with Crippen LogP contribution in [0.2, 0.25) is 5.02 Å². The number of methoxy groups -OCH3 is 1. The first-order chi connectivity index (χ1) is 6.63. The molecule has 14 heavy (non-hydrogen) atoms. The first-order valence-electron chi connectivity index (χ1n) is 4.71. The highest BCUT2D eigenvalue weighted by atomic mass is 35.5. The molecule has 0 heterocycles. The van der Waals surface area contributed by atoms with Gasteiger partial charge < -0.3 is 10.1 Å². The molecule has 0 unspecified atom stereocenters. The van der Waals surface area contributed by atoms with Crippen molar-refractivity contribution in [1.82, 2.24) is 0 Å². The van der Waals surface area contributed by atoms with E-state index in [0.717, 1.165) is 12.2 Å². The second-order valence-corrected chi connectivity index (χ2v) is 4.03. The van der Waals surface area contributed by atoms with E-state index < -0.39 is 0 Å². The van der Waals surface area contributed by atoms with Crippen molar-refractivity contribution < 1.29 is 4.74 Å². The quantitative estimate of drug-likeness (QED) is 0.828. The van der Waals surface area contributed by atoms with Crippen LogP contribution in [0.15, 0.2) is 18.2 Å². The van der Waals surface area contributed by atoms with Gasteiger partial charge in [-0.3, -0.25) is 0 Å². The number of rotatable bonds is 4. The summed E-state index contributed by atoms with van der Waals surface area (Å²) in [4.78, 5) is 0. The Hall–Kier alpha value is -0.890. The fourth-order valence-corrected chi connectivity index (χ4v) is 1.36. The summed E-state index contributed by atoms with van der Waals surface area (Å²) in [6, 6.07) is 5.71. The summed E-state index contributed by atoms with van der Waals surface area (Å²) in [5.41, 5.74) is 1.03. The van der Waals surface area contributed by atoms with Crippen LogP contribution in [0, 0.1) is 5.92 Å². The maximum Gasteiger partial charge on any atom is 0.137 e. The molecule has 78 valence electrons. The van der Waals surface area contributed by atoms with E-state index in [1.807, 2.05) is 18.2 Å². The molecule has 0 fully saturated rings. The zero-order chi connectivity index (χ0) is 10.6. The van der Waals surface area contributed by atoms with E-state index in [-0.39, 0.29) is 0 Å². The summed E-state index contributed by atoms with van der Waals surface area (Å²) in [5, 5.41) is 3.94. The number of halogens is 1. The molecule has 0 atom stereocenters. The van der Waals surface area contributed by atoms with Crippen LogP contribution in [0.4, 0.5) is 5.69 Å². The van der Waals surface area contributed by atoms with Crippen molar-refractivity contribution in [3.05, 3.63) is 23.2 Å². The van der Waals surface area contributed by atoms with Gasteiger partial charge in [0.2, 0.25) is 0 Å². The van der Waals surface area contributed by atoms with E-state index in [1.54, 1.807) is 7.11 Å². The molecule has 1 rings (SSSR count). The monoisotopic (exact) mass is 213 g/mol.